The van der Waals surface area contributed by atoms with E-state index < -0.39 is 5.91 Å². The molecule has 8 nitrogen and oxygen atoms in total. The molecule has 1 heterocycles. The summed E-state index contributed by atoms with van der Waals surface area (Å²) in [7, 11) is 0. The number of nitrogens with two attached hydrogens (primary N) is 2. The Balaban J connectivity index is 1.73. The Hall–Kier alpha value is -2.16. The van der Waals surface area contributed by atoms with Crippen LogP contribution in [0, 0.1) is 0 Å². The lowest BCUT2D eigenvalue weighted by Gasteiger charge is -2.30. The molecule has 5 N–H and O–H groups in total. The van der Waals surface area contributed by atoms with Gasteiger partial charge in [0, 0.05) is 12.1 Å². The van der Waals surface area contributed by atoms with Crippen LogP contribution in [-0.4, -0.2) is 45.6 Å². The molecule has 2 aliphatic rings. The molecule has 2 fully saturated rings. The van der Waals surface area contributed by atoms with E-state index in [2.05, 4.69) is 9.69 Å². The number of carbonyl (C=O) groups excluding carboxylic acids is 3. The summed E-state index contributed by atoms with van der Waals surface area (Å²) in [5, 5.41) is 3.07. The van der Waals surface area contributed by atoms with Gasteiger partial charge in [0.1, 0.15) is 11.4 Å². The second-order valence-electron chi connectivity index (χ2n) is 7.41. The number of nitrogens with zero attached hydrogens (tertiary/aromatic N) is 2. The van der Waals surface area contributed by atoms with E-state index in [9.17, 15) is 14.4 Å². The third-order valence-electron chi connectivity index (χ3n) is 5.47. The molecule has 0 aromatic carbocycles. The lowest BCUT2D eigenvalue weighted by Crippen LogP contribution is -2.48. The summed E-state index contributed by atoms with van der Waals surface area (Å²) >= 11 is 0.864. The average molecular weight is 394 g/mol. The number of amides is 3. The standard InChI is InChI=1S/C18H27N5O3S/c19-14-15(17(20)25)22-27-16(14)18(26)23(12-8-4-5-9-12)10-13(24)21-11-6-2-1-3-7-11/h11-12H,1-10,19H2,(H2,20,25)(H,21,24). The van der Waals surface area contributed by atoms with Gasteiger partial charge < -0.3 is 21.7 Å². The number of carbonyl (C=O) groups is 3. The molecule has 2 saturated carbocycles. The largest absolute Gasteiger partial charge is 0.395 e. The van der Waals surface area contributed by atoms with Gasteiger partial charge in [-0.05, 0) is 37.2 Å². The van der Waals surface area contributed by atoms with Gasteiger partial charge in [-0.1, -0.05) is 32.1 Å². The van der Waals surface area contributed by atoms with Crippen LogP contribution in [0.25, 0.3) is 0 Å². The molecule has 0 unspecified atom stereocenters. The fraction of sp³-hybridized carbons (Fsp3) is 0.667. The highest BCUT2D eigenvalue weighted by atomic mass is 32.1. The van der Waals surface area contributed by atoms with Crippen LogP contribution in [-0.2, 0) is 4.79 Å². The van der Waals surface area contributed by atoms with Crippen LogP contribution < -0.4 is 16.8 Å². The molecule has 0 bridgehead atoms. The van der Waals surface area contributed by atoms with E-state index in [4.69, 9.17) is 11.5 Å². The van der Waals surface area contributed by atoms with Gasteiger partial charge in [-0.2, -0.15) is 4.37 Å². The number of aromatic nitrogens is 1. The number of nitrogen functional groups attached to an aromatic ring is 1. The van der Waals surface area contributed by atoms with Crippen LogP contribution in [0.5, 0.6) is 0 Å². The number of rotatable bonds is 6. The number of hydrogen-bond donors (Lipinski definition) is 3. The van der Waals surface area contributed by atoms with Gasteiger partial charge in [0.05, 0.1) is 5.69 Å². The second-order valence-corrected chi connectivity index (χ2v) is 8.19. The highest BCUT2D eigenvalue weighted by Gasteiger charge is 2.32. The normalized spacial score (nSPS) is 18.4. The molecule has 3 rings (SSSR count). The Morgan fingerprint density at radius 2 is 1.70 bits per heavy atom. The van der Waals surface area contributed by atoms with Crippen LogP contribution in [0.3, 0.4) is 0 Å². The molecule has 0 radical (unpaired) electrons. The number of anilines is 1. The van der Waals surface area contributed by atoms with E-state index in [0.29, 0.717) is 0 Å². The molecule has 0 atom stereocenters. The van der Waals surface area contributed by atoms with Crippen molar-refractivity contribution in [2.75, 3.05) is 12.3 Å². The molecular formula is C18H27N5O3S. The first kappa shape index (κ1) is 19.6. The first-order valence-corrected chi connectivity index (χ1v) is 10.4. The fourth-order valence-electron chi connectivity index (χ4n) is 4.02. The molecule has 1 aromatic rings. The summed E-state index contributed by atoms with van der Waals surface area (Å²) in [5.74, 6) is -1.24. The highest BCUT2D eigenvalue weighted by molar-refractivity contribution is 7.09. The van der Waals surface area contributed by atoms with Crippen molar-refractivity contribution in [2.24, 2.45) is 5.73 Å². The van der Waals surface area contributed by atoms with Gasteiger partial charge in [0.15, 0.2) is 5.69 Å². The molecule has 27 heavy (non-hydrogen) atoms. The summed E-state index contributed by atoms with van der Waals surface area (Å²) in [4.78, 5) is 38.8. The minimum Gasteiger partial charge on any atom is -0.395 e. The number of hydrogen-bond acceptors (Lipinski definition) is 6. The first-order chi connectivity index (χ1) is 13.0. The Bertz CT molecular complexity index is 708. The number of nitrogens with one attached hydrogen (secondary N) is 1. The second kappa shape index (κ2) is 8.69. The topological polar surface area (TPSA) is 131 Å². The van der Waals surface area contributed by atoms with Gasteiger partial charge in [-0.25, -0.2) is 0 Å². The van der Waals surface area contributed by atoms with Gasteiger partial charge in [-0.15, -0.1) is 0 Å². The first-order valence-electron chi connectivity index (χ1n) is 9.62. The summed E-state index contributed by atoms with van der Waals surface area (Å²) < 4.78 is 3.91. The maximum atomic E-state index is 13.1. The Kier molecular flexibility index (Phi) is 6.30. The Morgan fingerprint density at radius 1 is 1.07 bits per heavy atom. The van der Waals surface area contributed by atoms with E-state index >= 15 is 0 Å². The van der Waals surface area contributed by atoms with Crippen LogP contribution in [0.15, 0.2) is 0 Å². The van der Waals surface area contributed by atoms with Crippen molar-refractivity contribution >= 4 is 34.9 Å². The van der Waals surface area contributed by atoms with E-state index in [0.717, 1.165) is 62.9 Å². The summed E-state index contributed by atoms with van der Waals surface area (Å²) in [6.07, 6.45) is 9.25. The van der Waals surface area contributed by atoms with Gasteiger partial charge in [0.25, 0.3) is 11.8 Å². The van der Waals surface area contributed by atoms with Crippen molar-refractivity contribution in [1.29, 1.82) is 0 Å². The number of primary amides is 1. The smallest absolute Gasteiger partial charge is 0.270 e. The van der Waals surface area contributed by atoms with Crippen molar-refractivity contribution in [1.82, 2.24) is 14.6 Å². The quantitative estimate of drug-likeness (QED) is 0.676. The summed E-state index contributed by atoms with van der Waals surface area (Å²) in [6.45, 7) is 0.00322. The Morgan fingerprint density at radius 3 is 2.30 bits per heavy atom. The third kappa shape index (κ3) is 4.58. The van der Waals surface area contributed by atoms with E-state index in [-0.39, 0.29) is 46.7 Å². The van der Waals surface area contributed by atoms with Crippen LogP contribution in [0.4, 0.5) is 5.69 Å². The third-order valence-corrected chi connectivity index (χ3v) is 6.32. The zero-order valence-corrected chi connectivity index (χ0v) is 16.2. The highest BCUT2D eigenvalue weighted by Crippen LogP contribution is 2.29. The predicted molar refractivity (Wildman–Crippen MR) is 103 cm³/mol. The molecular weight excluding hydrogens is 366 g/mol. The molecule has 148 valence electrons. The molecule has 0 aliphatic heterocycles. The minimum atomic E-state index is -0.759. The molecule has 2 aliphatic carbocycles. The van der Waals surface area contributed by atoms with Crippen molar-refractivity contribution in [2.45, 2.75) is 69.9 Å². The van der Waals surface area contributed by atoms with E-state index in [1.807, 2.05) is 0 Å². The lowest BCUT2D eigenvalue weighted by molar-refractivity contribution is -0.123. The molecule has 3 amide bonds. The van der Waals surface area contributed by atoms with Crippen molar-refractivity contribution < 1.29 is 14.4 Å². The van der Waals surface area contributed by atoms with Crippen molar-refractivity contribution in [3.05, 3.63) is 10.6 Å². The maximum Gasteiger partial charge on any atom is 0.270 e. The van der Waals surface area contributed by atoms with Gasteiger partial charge >= 0.3 is 0 Å². The predicted octanol–water partition coefficient (Wildman–Crippen LogP) is 1.66. The molecule has 0 spiro atoms. The van der Waals surface area contributed by atoms with Gasteiger partial charge in [0.2, 0.25) is 5.91 Å². The molecule has 1 aromatic heterocycles. The molecule has 9 heteroatoms. The SMILES string of the molecule is NC(=O)c1nsc(C(=O)N(CC(=O)NC2CCCCC2)C2CCCC2)c1N. The molecule has 0 saturated heterocycles. The zero-order chi connectivity index (χ0) is 19.4. The van der Waals surface area contributed by atoms with Crippen LogP contribution in [0.2, 0.25) is 0 Å². The Labute approximate surface area is 162 Å². The van der Waals surface area contributed by atoms with Crippen molar-refractivity contribution in [3.63, 3.8) is 0 Å². The fourth-order valence-corrected chi connectivity index (χ4v) is 4.78. The van der Waals surface area contributed by atoms with Crippen LogP contribution >= 0.6 is 11.5 Å². The minimum absolute atomic E-state index is 0.00322. The monoisotopic (exact) mass is 393 g/mol. The summed E-state index contributed by atoms with van der Waals surface area (Å²) in [6, 6.07) is 0.204. The average Bonchev–Trinajstić information content (AvgIpc) is 3.29. The van der Waals surface area contributed by atoms with Gasteiger partial charge in [-0.3, -0.25) is 14.4 Å². The van der Waals surface area contributed by atoms with E-state index in [1.54, 1.807) is 4.90 Å². The summed E-state index contributed by atoms with van der Waals surface area (Å²) in [5.41, 5.74) is 11.1. The lowest BCUT2D eigenvalue weighted by atomic mass is 9.95. The van der Waals surface area contributed by atoms with E-state index in [1.165, 1.54) is 6.42 Å². The van der Waals surface area contributed by atoms with Crippen LogP contribution in [0.1, 0.15) is 77.9 Å². The van der Waals surface area contributed by atoms with Crippen molar-refractivity contribution in [3.8, 4) is 0 Å². The maximum absolute atomic E-state index is 13.1. The zero-order valence-electron chi connectivity index (χ0n) is 15.4.